The van der Waals surface area contributed by atoms with E-state index in [1.54, 1.807) is 13.1 Å². The minimum absolute atomic E-state index is 0.570. The number of likely N-dealkylation sites (tertiary alicyclic amines) is 1. The van der Waals surface area contributed by atoms with Crippen LogP contribution in [0.5, 0.6) is 5.75 Å². The molecule has 1 aliphatic heterocycles. The maximum absolute atomic E-state index is 9.74. The molecule has 2 aromatic carbocycles. The number of nitrogens with zero attached hydrogens (tertiary/aromatic N) is 3. The fourth-order valence-corrected chi connectivity index (χ4v) is 3.98. The van der Waals surface area contributed by atoms with Crippen LogP contribution in [0.15, 0.2) is 67.0 Å². The molecule has 2 heterocycles. The van der Waals surface area contributed by atoms with Crippen LogP contribution < -0.4 is 10.5 Å². The van der Waals surface area contributed by atoms with Crippen LogP contribution in [0, 0.1) is 5.92 Å². The summed E-state index contributed by atoms with van der Waals surface area (Å²) >= 11 is 0. The molecule has 0 aliphatic carbocycles. The molecule has 6 nitrogen and oxygen atoms in total. The van der Waals surface area contributed by atoms with E-state index in [1.807, 2.05) is 22.9 Å². The zero-order chi connectivity index (χ0) is 22.3. The van der Waals surface area contributed by atoms with Gasteiger partial charge in [-0.25, -0.2) is 4.98 Å². The fourth-order valence-electron chi connectivity index (χ4n) is 3.98. The maximum Gasteiger partial charge on any atom is 0.137 e. The highest BCUT2D eigenvalue weighted by molar-refractivity contribution is 5.66. The first kappa shape index (κ1) is 22.3. The molecule has 1 aromatic heterocycles. The molecule has 1 saturated heterocycles. The van der Waals surface area contributed by atoms with Crippen molar-refractivity contribution in [2.75, 3.05) is 32.8 Å². The molecule has 1 unspecified atom stereocenters. The van der Waals surface area contributed by atoms with E-state index in [4.69, 9.17) is 10.5 Å². The summed E-state index contributed by atoms with van der Waals surface area (Å²) in [6, 6.07) is 16.8. The standard InChI is InChI=1S/C26H32N4O2/c1-20(31)26-28-12-14-30(26)13-2-3-21-4-6-23(7-5-21)24-8-10-25(11-9-24)32-16-15-29-18-22(17-27)19-29/h2-12,14,20,22,31H,13,15-19,27H2,1H3/b3-2+. The van der Waals surface area contributed by atoms with Crippen molar-refractivity contribution in [1.29, 1.82) is 0 Å². The Labute approximate surface area is 190 Å². The average Bonchev–Trinajstić information content (AvgIpc) is 3.25. The lowest BCUT2D eigenvalue weighted by Crippen LogP contribution is -2.50. The molecule has 0 amide bonds. The first-order valence-corrected chi connectivity index (χ1v) is 11.2. The van der Waals surface area contributed by atoms with Gasteiger partial charge in [0.25, 0.3) is 0 Å². The molecule has 168 valence electrons. The van der Waals surface area contributed by atoms with E-state index >= 15 is 0 Å². The number of hydrogen-bond acceptors (Lipinski definition) is 5. The average molecular weight is 433 g/mol. The third-order valence-corrected chi connectivity index (χ3v) is 5.87. The Morgan fingerprint density at radius 1 is 1.12 bits per heavy atom. The van der Waals surface area contributed by atoms with Crippen molar-refractivity contribution >= 4 is 6.08 Å². The first-order valence-electron chi connectivity index (χ1n) is 11.2. The van der Waals surface area contributed by atoms with Gasteiger partial charge in [-0.1, -0.05) is 48.6 Å². The highest BCUT2D eigenvalue weighted by atomic mass is 16.5. The van der Waals surface area contributed by atoms with E-state index < -0.39 is 6.10 Å². The third kappa shape index (κ3) is 5.65. The van der Waals surface area contributed by atoms with Gasteiger partial charge in [-0.15, -0.1) is 0 Å². The van der Waals surface area contributed by atoms with Gasteiger partial charge in [0.2, 0.25) is 0 Å². The summed E-state index contributed by atoms with van der Waals surface area (Å²) in [6.07, 6.45) is 7.18. The predicted octanol–water partition coefficient (Wildman–Crippen LogP) is 3.59. The van der Waals surface area contributed by atoms with E-state index in [9.17, 15) is 5.11 Å². The Balaban J connectivity index is 1.26. The van der Waals surface area contributed by atoms with Crippen molar-refractivity contribution < 1.29 is 9.84 Å². The number of hydrogen-bond donors (Lipinski definition) is 2. The second-order valence-corrected chi connectivity index (χ2v) is 8.37. The topological polar surface area (TPSA) is 76.5 Å². The van der Waals surface area contributed by atoms with Crippen LogP contribution in [0.25, 0.3) is 17.2 Å². The second kappa shape index (κ2) is 10.6. The lowest BCUT2D eigenvalue weighted by Gasteiger charge is -2.38. The summed E-state index contributed by atoms with van der Waals surface area (Å²) in [5.41, 5.74) is 9.14. The van der Waals surface area contributed by atoms with Crippen molar-refractivity contribution in [2.24, 2.45) is 11.7 Å². The van der Waals surface area contributed by atoms with Crippen LogP contribution in [0.1, 0.15) is 24.4 Å². The molecule has 6 heteroatoms. The third-order valence-electron chi connectivity index (χ3n) is 5.87. The van der Waals surface area contributed by atoms with Crippen molar-refractivity contribution in [1.82, 2.24) is 14.5 Å². The number of benzene rings is 2. The van der Waals surface area contributed by atoms with Crippen molar-refractivity contribution in [3.05, 3.63) is 78.4 Å². The number of rotatable bonds is 10. The molecule has 1 fully saturated rings. The predicted molar refractivity (Wildman–Crippen MR) is 128 cm³/mol. The summed E-state index contributed by atoms with van der Waals surface area (Å²) < 4.78 is 7.83. The summed E-state index contributed by atoms with van der Waals surface area (Å²) in [4.78, 5) is 6.57. The molecule has 32 heavy (non-hydrogen) atoms. The number of allylic oxidation sites excluding steroid dienone is 1. The minimum Gasteiger partial charge on any atom is -0.492 e. The molecule has 3 aromatic rings. The summed E-state index contributed by atoms with van der Waals surface area (Å²) in [7, 11) is 0. The van der Waals surface area contributed by atoms with E-state index in [0.717, 1.165) is 37.5 Å². The van der Waals surface area contributed by atoms with Crippen LogP contribution in [-0.4, -0.2) is 52.3 Å². The molecule has 1 atom stereocenters. The minimum atomic E-state index is -0.570. The summed E-state index contributed by atoms with van der Waals surface area (Å²) in [6.45, 7) is 7.03. The van der Waals surface area contributed by atoms with Crippen LogP contribution in [0.3, 0.4) is 0 Å². The van der Waals surface area contributed by atoms with Gasteiger partial charge in [0.1, 0.15) is 24.3 Å². The Morgan fingerprint density at radius 2 is 1.81 bits per heavy atom. The molecule has 0 bridgehead atoms. The van der Waals surface area contributed by atoms with Gasteiger partial charge < -0.3 is 20.1 Å². The Morgan fingerprint density at radius 3 is 2.47 bits per heavy atom. The number of ether oxygens (including phenoxy) is 1. The number of aliphatic hydroxyl groups excluding tert-OH is 1. The van der Waals surface area contributed by atoms with Crippen LogP contribution in [0.2, 0.25) is 0 Å². The molecule has 0 radical (unpaired) electrons. The van der Waals surface area contributed by atoms with Gasteiger partial charge in [0.05, 0.1) is 0 Å². The highest BCUT2D eigenvalue weighted by Gasteiger charge is 2.24. The SMILES string of the molecule is CC(O)c1nccn1C/C=C/c1ccc(-c2ccc(OCCN3CC(CN)C3)cc2)cc1. The number of imidazole rings is 1. The Bertz CT molecular complexity index is 1000. The van der Waals surface area contributed by atoms with Crippen LogP contribution in [0.4, 0.5) is 0 Å². The van der Waals surface area contributed by atoms with Gasteiger partial charge in [-0.3, -0.25) is 4.90 Å². The second-order valence-electron chi connectivity index (χ2n) is 8.37. The summed E-state index contributed by atoms with van der Waals surface area (Å²) in [5, 5.41) is 9.74. The molecular weight excluding hydrogens is 400 g/mol. The van der Waals surface area contributed by atoms with Gasteiger partial charge in [-0.05, 0) is 48.2 Å². The quantitative estimate of drug-likeness (QED) is 0.512. The van der Waals surface area contributed by atoms with Crippen LogP contribution in [-0.2, 0) is 6.54 Å². The largest absolute Gasteiger partial charge is 0.492 e. The first-order chi connectivity index (χ1) is 15.6. The zero-order valence-electron chi connectivity index (χ0n) is 18.6. The van der Waals surface area contributed by atoms with Crippen molar-refractivity contribution in [3.63, 3.8) is 0 Å². The number of aromatic nitrogens is 2. The number of nitrogens with two attached hydrogens (primary N) is 1. The molecule has 0 saturated carbocycles. The van der Waals surface area contributed by atoms with Gasteiger partial charge in [0.15, 0.2) is 0 Å². The monoisotopic (exact) mass is 432 g/mol. The zero-order valence-corrected chi connectivity index (χ0v) is 18.6. The van der Waals surface area contributed by atoms with E-state index in [1.165, 1.54) is 11.1 Å². The smallest absolute Gasteiger partial charge is 0.137 e. The van der Waals surface area contributed by atoms with Crippen molar-refractivity contribution in [2.45, 2.75) is 19.6 Å². The molecule has 4 rings (SSSR count). The van der Waals surface area contributed by atoms with Gasteiger partial charge in [-0.2, -0.15) is 0 Å². The lowest BCUT2D eigenvalue weighted by atomic mass is 10.0. The lowest BCUT2D eigenvalue weighted by molar-refractivity contribution is 0.0875. The normalized spacial score (nSPS) is 15.7. The molecular formula is C26H32N4O2. The van der Waals surface area contributed by atoms with E-state index in [0.29, 0.717) is 24.9 Å². The maximum atomic E-state index is 9.74. The molecule has 0 spiro atoms. The van der Waals surface area contributed by atoms with E-state index in [2.05, 4.69) is 58.4 Å². The summed E-state index contributed by atoms with van der Waals surface area (Å²) in [5.74, 6) is 2.24. The van der Waals surface area contributed by atoms with Gasteiger partial charge in [0, 0.05) is 38.6 Å². The Kier molecular flexibility index (Phi) is 7.37. The fraction of sp³-hybridized carbons (Fsp3) is 0.346. The van der Waals surface area contributed by atoms with Crippen molar-refractivity contribution in [3.8, 4) is 16.9 Å². The van der Waals surface area contributed by atoms with E-state index in [-0.39, 0.29) is 0 Å². The van der Waals surface area contributed by atoms with Gasteiger partial charge >= 0.3 is 0 Å². The number of aliphatic hydroxyl groups is 1. The highest BCUT2D eigenvalue weighted by Crippen LogP contribution is 2.23. The Hall–Kier alpha value is -2.93. The van der Waals surface area contributed by atoms with Crippen LogP contribution >= 0.6 is 0 Å². The molecule has 3 N–H and O–H groups in total. The molecule has 1 aliphatic rings.